The standard InChI is InChI=1S/C14H18FNO/c1-16(10-11-4-2-3-5-11)14(17)12-6-8-13(15)9-7-12/h6-9,11H,2-5,10H2,1H3. The van der Waals surface area contributed by atoms with Gasteiger partial charge >= 0.3 is 0 Å². The number of hydrogen-bond donors (Lipinski definition) is 0. The van der Waals surface area contributed by atoms with Gasteiger partial charge in [-0.3, -0.25) is 4.79 Å². The number of rotatable bonds is 3. The normalized spacial score (nSPS) is 16.1. The van der Waals surface area contributed by atoms with Gasteiger partial charge in [0, 0.05) is 19.2 Å². The third-order valence-corrected chi connectivity index (χ3v) is 3.44. The summed E-state index contributed by atoms with van der Waals surface area (Å²) < 4.78 is 12.8. The SMILES string of the molecule is CN(CC1CCCC1)C(=O)c1ccc(F)cc1. The third kappa shape index (κ3) is 3.05. The summed E-state index contributed by atoms with van der Waals surface area (Å²) in [7, 11) is 1.82. The van der Waals surface area contributed by atoms with E-state index < -0.39 is 0 Å². The van der Waals surface area contributed by atoms with Gasteiger partial charge < -0.3 is 4.90 Å². The molecule has 0 saturated heterocycles. The molecule has 0 aromatic heterocycles. The van der Waals surface area contributed by atoms with Crippen molar-refractivity contribution in [3.63, 3.8) is 0 Å². The molecule has 1 aromatic carbocycles. The van der Waals surface area contributed by atoms with E-state index in [-0.39, 0.29) is 11.7 Å². The smallest absolute Gasteiger partial charge is 0.253 e. The maximum absolute atomic E-state index is 12.8. The maximum atomic E-state index is 12.8. The molecule has 0 atom stereocenters. The van der Waals surface area contributed by atoms with Crippen molar-refractivity contribution in [1.82, 2.24) is 4.90 Å². The second-order valence-electron chi connectivity index (χ2n) is 4.84. The average Bonchev–Trinajstić information content (AvgIpc) is 2.82. The van der Waals surface area contributed by atoms with E-state index in [2.05, 4.69) is 0 Å². The molecule has 2 rings (SSSR count). The van der Waals surface area contributed by atoms with Gasteiger partial charge in [-0.05, 0) is 43.0 Å². The Balaban J connectivity index is 1.96. The number of amides is 1. The lowest BCUT2D eigenvalue weighted by Gasteiger charge is -2.21. The summed E-state index contributed by atoms with van der Waals surface area (Å²) in [5.74, 6) is 0.321. The summed E-state index contributed by atoms with van der Waals surface area (Å²) >= 11 is 0. The zero-order valence-corrected chi connectivity index (χ0v) is 10.2. The Labute approximate surface area is 101 Å². The first-order valence-electron chi connectivity index (χ1n) is 6.18. The van der Waals surface area contributed by atoms with Gasteiger partial charge in [0.15, 0.2) is 0 Å². The summed E-state index contributed by atoms with van der Waals surface area (Å²) in [6.07, 6.45) is 5.01. The second-order valence-corrected chi connectivity index (χ2v) is 4.84. The third-order valence-electron chi connectivity index (χ3n) is 3.44. The summed E-state index contributed by atoms with van der Waals surface area (Å²) in [6.45, 7) is 0.816. The van der Waals surface area contributed by atoms with Gasteiger partial charge in [-0.15, -0.1) is 0 Å². The zero-order valence-electron chi connectivity index (χ0n) is 10.2. The van der Waals surface area contributed by atoms with Gasteiger partial charge in [-0.2, -0.15) is 0 Å². The van der Waals surface area contributed by atoms with Crippen molar-refractivity contribution in [2.75, 3.05) is 13.6 Å². The molecule has 0 radical (unpaired) electrons. The molecule has 3 heteroatoms. The molecule has 92 valence electrons. The van der Waals surface area contributed by atoms with Crippen LogP contribution in [0.1, 0.15) is 36.0 Å². The van der Waals surface area contributed by atoms with Crippen molar-refractivity contribution in [3.05, 3.63) is 35.6 Å². The molecule has 2 nitrogen and oxygen atoms in total. The Bertz CT molecular complexity index is 382. The van der Waals surface area contributed by atoms with Crippen LogP contribution in [0.5, 0.6) is 0 Å². The van der Waals surface area contributed by atoms with Crippen molar-refractivity contribution in [2.24, 2.45) is 5.92 Å². The number of halogens is 1. The van der Waals surface area contributed by atoms with E-state index in [0.29, 0.717) is 11.5 Å². The molecular weight excluding hydrogens is 217 g/mol. The van der Waals surface area contributed by atoms with E-state index in [1.807, 2.05) is 7.05 Å². The molecule has 0 spiro atoms. The first-order valence-corrected chi connectivity index (χ1v) is 6.18. The van der Waals surface area contributed by atoms with Crippen LogP contribution in [0.15, 0.2) is 24.3 Å². The minimum atomic E-state index is -0.306. The molecule has 1 aliphatic carbocycles. The van der Waals surface area contributed by atoms with Crippen LogP contribution in [0.25, 0.3) is 0 Å². The topological polar surface area (TPSA) is 20.3 Å². The van der Waals surface area contributed by atoms with Crippen molar-refractivity contribution < 1.29 is 9.18 Å². The maximum Gasteiger partial charge on any atom is 0.253 e. The fraction of sp³-hybridized carbons (Fsp3) is 0.500. The highest BCUT2D eigenvalue weighted by molar-refractivity contribution is 5.93. The second kappa shape index (κ2) is 5.30. The van der Waals surface area contributed by atoms with Crippen LogP contribution >= 0.6 is 0 Å². The highest BCUT2D eigenvalue weighted by atomic mass is 19.1. The van der Waals surface area contributed by atoms with Gasteiger partial charge in [0.1, 0.15) is 5.82 Å². The van der Waals surface area contributed by atoms with E-state index >= 15 is 0 Å². The van der Waals surface area contributed by atoms with Crippen LogP contribution in [0, 0.1) is 11.7 Å². The van der Waals surface area contributed by atoms with Gasteiger partial charge in [0.2, 0.25) is 0 Å². The number of carbonyl (C=O) groups is 1. The summed E-state index contributed by atoms with van der Waals surface area (Å²) in [5.41, 5.74) is 0.562. The summed E-state index contributed by atoms with van der Waals surface area (Å²) in [6, 6.07) is 5.75. The van der Waals surface area contributed by atoms with E-state index in [4.69, 9.17) is 0 Å². The molecule has 0 heterocycles. The predicted octanol–water partition coefficient (Wildman–Crippen LogP) is 3.09. The van der Waals surface area contributed by atoms with Crippen molar-refractivity contribution >= 4 is 5.91 Å². The van der Waals surface area contributed by atoms with Crippen molar-refractivity contribution in [1.29, 1.82) is 0 Å². The lowest BCUT2D eigenvalue weighted by molar-refractivity contribution is 0.0773. The molecular formula is C14H18FNO. The Morgan fingerprint density at radius 3 is 2.47 bits per heavy atom. The molecule has 1 fully saturated rings. The molecule has 17 heavy (non-hydrogen) atoms. The Kier molecular flexibility index (Phi) is 3.77. The first-order chi connectivity index (χ1) is 8.16. The molecule has 0 aliphatic heterocycles. The Morgan fingerprint density at radius 1 is 1.29 bits per heavy atom. The molecule has 0 bridgehead atoms. The molecule has 1 amide bonds. The highest BCUT2D eigenvalue weighted by Crippen LogP contribution is 2.25. The molecule has 1 saturated carbocycles. The quantitative estimate of drug-likeness (QED) is 0.788. The van der Waals surface area contributed by atoms with Gasteiger partial charge in [0.05, 0.1) is 0 Å². The predicted molar refractivity (Wildman–Crippen MR) is 65.3 cm³/mol. The lowest BCUT2D eigenvalue weighted by atomic mass is 10.1. The van der Waals surface area contributed by atoms with E-state index in [9.17, 15) is 9.18 Å². The van der Waals surface area contributed by atoms with Crippen LogP contribution in [0.4, 0.5) is 4.39 Å². The van der Waals surface area contributed by atoms with E-state index in [1.165, 1.54) is 37.8 Å². The fourth-order valence-corrected chi connectivity index (χ4v) is 2.48. The molecule has 0 unspecified atom stereocenters. The monoisotopic (exact) mass is 235 g/mol. The minimum Gasteiger partial charge on any atom is -0.341 e. The van der Waals surface area contributed by atoms with Crippen LogP contribution in [-0.4, -0.2) is 24.4 Å². The summed E-state index contributed by atoms with van der Waals surface area (Å²) in [4.78, 5) is 13.8. The van der Waals surface area contributed by atoms with Crippen LogP contribution in [0.3, 0.4) is 0 Å². The zero-order chi connectivity index (χ0) is 12.3. The first kappa shape index (κ1) is 12.1. The lowest BCUT2D eigenvalue weighted by Crippen LogP contribution is -2.31. The van der Waals surface area contributed by atoms with Crippen molar-refractivity contribution in [2.45, 2.75) is 25.7 Å². The molecule has 0 N–H and O–H groups in total. The largest absolute Gasteiger partial charge is 0.341 e. The van der Waals surface area contributed by atoms with Crippen LogP contribution < -0.4 is 0 Å². The number of carbonyl (C=O) groups excluding carboxylic acids is 1. The number of benzene rings is 1. The summed E-state index contributed by atoms with van der Waals surface area (Å²) in [5, 5.41) is 0. The molecule has 1 aliphatic rings. The van der Waals surface area contributed by atoms with E-state index in [1.54, 1.807) is 17.0 Å². The number of hydrogen-bond acceptors (Lipinski definition) is 1. The Morgan fingerprint density at radius 2 is 1.88 bits per heavy atom. The number of nitrogens with zero attached hydrogens (tertiary/aromatic N) is 1. The molecule has 1 aromatic rings. The fourth-order valence-electron chi connectivity index (χ4n) is 2.48. The van der Waals surface area contributed by atoms with Crippen molar-refractivity contribution in [3.8, 4) is 0 Å². The van der Waals surface area contributed by atoms with Gasteiger partial charge in [0.25, 0.3) is 5.91 Å². The van der Waals surface area contributed by atoms with Crippen LogP contribution in [0.2, 0.25) is 0 Å². The average molecular weight is 235 g/mol. The highest BCUT2D eigenvalue weighted by Gasteiger charge is 2.20. The van der Waals surface area contributed by atoms with Gasteiger partial charge in [-0.1, -0.05) is 12.8 Å². The van der Waals surface area contributed by atoms with Gasteiger partial charge in [-0.25, -0.2) is 4.39 Å². The van der Waals surface area contributed by atoms with E-state index in [0.717, 1.165) is 6.54 Å². The van der Waals surface area contributed by atoms with Crippen LogP contribution in [-0.2, 0) is 0 Å². The minimum absolute atomic E-state index is 0.0168. The Hall–Kier alpha value is -1.38.